The second kappa shape index (κ2) is 10.2. The summed E-state index contributed by atoms with van der Waals surface area (Å²) in [5, 5.41) is 11.6. The Morgan fingerprint density at radius 1 is 0.795 bits per heavy atom. The maximum Gasteiger partial charge on any atom is 0.0991 e. The number of fused-ring (bicyclic) bond motifs is 5. The summed E-state index contributed by atoms with van der Waals surface area (Å²) in [7, 11) is 0. The van der Waals surface area contributed by atoms with Crippen molar-refractivity contribution in [3.8, 4) is 22.9 Å². The van der Waals surface area contributed by atoms with Gasteiger partial charge in [0.2, 0.25) is 0 Å². The SMILES string of the molecule is CC/C=C\CC(C)(C)C.CC1(C)c2ccccc2-n2c3ccc(-c4ccc(C#N)cc4)cc3c3cccc1c32. The second-order valence-corrected chi connectivity index (χ2v) is 12.2. The van der Waals surface area contributed by atoms with Gasteiger partial charge in [-0.25, -0.2) is 0 Å². The third-order valence-electron chi connectivity index (χ3n) is 7.76. The van der Waals surface area contributed by atoms with E-state index in [1.165, 1.54) is 50.6 Å². The van der Waals surface area contributed by atoms with Gasteiger partial charge in [-0.2, -0.15) is 5.26 Å². The minimum absolute atomic E-state index is 0.0452. The van der Waals surface area contributed by atoms with E-state index in [0.717, 1.165) is 12.0 Å². The van der Waals surface area contributed by atoms with Crippen LogP contribution in [0.3, 0.4) is 0 Å². The zero-order valence-electron chi connectivity index (χ0n) is 24.0. The molecule has 0 saturated heterocycles. The van der Waals surface area contributed by atoms with Crippen molar-refractivity contribution in [3.63, 3.8) is 0 Å². The van der Waals surface area contributed by atoms with E-state index in [1.54, 1.807) is 0 Å². The topological polar surface area (TPSA) is 28.7 Å². The molecule has 0 bridgehead atoms. The summed E-state index contributed by atoms with van der Waals surface area (Å²) in [4.78, 5) is 0. The fourth-order valence-corrected chi connectivity index (χ4v) is 5.69. The third-order valence-corrected chi connectivity index (χ3v) is 7.76. The largest absolute Gasteiger partial charge is 0.309 e. The van der Waals surface area contributed by atoms with Crippen LogP contribution >= 0.6 is 0 Å². The number of hydrogen-bond donors (Lipinski definition) is 0. The maximum atomic E-state index is 9.09. The van der Waals surface area contributed by atoms with E-state index in [9.17, 15) is 0 Å². The first-order valence-corrected chi connectivity index (χ1v) is 14.0. The van der Waals surface area contributed by atoms with Crippen molar-refractivity contribution in [3.05, 3.63) is 114 Å². The molecule has 0 saturated carbocycles. The summed E-state index contributed by atoms with van der Waals surface area (Å²) in [6, 6.07) is 32.2. The monoisotopic (exact) mass is 510 g/mol. The second-order valence-electron chi connectivity index (χ2n) is 12.2. The predicted molar refractivity (Wildman–Crippen MR) is 167 cm³/mol. The minimum Gasteiger partial charge on any atom is -0.309 e. The van der Waals surface area contributed by atoms with Crippen molar-refractivity contribution >= 4 is 21.8 Å². The lowest BCUT2D eigenvalue weighted by Gasteiger charge is -2.34. The van der Waals surface area contributed by atoms with Gasteiger partial charge in [-0.05, 0) is 70.8 Å². The van der Waals surface area contributed by atoms with Gasteiger partial charge < -0.3 is 4.57 Å². The van der Waals surface area contributed by atoms with Gasteiger partial charge in [0.25, 0.3) is 0 Å². The Morgan fingerprint density at radius 3 is 2.18 bits per heavy atom. The molecular formula is C37H38N2. The van der Waals surface area contributed by atoms with Crippen LogP contribution in [0, 0.1) is 16.7 Å². The number of para-hydroxylation sites is 2. The van der Waals surface area contributed by atoms with Gasteiger partial charge in [0.1, 0.15) is 0 Å². The first-order chi connectivity index (χ1) is 18.7. The van der Waals surface area contributed by atoms with Gasteiger partial charge in [-0.1, -0.05) is 108 Å². The highest BCUT2D eigenvalue weighted by Gasteiger charge is 2.34. The summed E-state index contributed by atoms with van der Waals surface area (Å²) in [6.07, 6.45) is 6.85. The van der Waals surface area contributed by atoms with Crippen LogP contribution in [0.25, 0.3) is 38.6 Å². The molecule has 1 aliphatic heterocycles. The first kappa shape index (κ1) is 26.5. The number of nitrogens with zero attached hydrogens (tertiary/aromatic N) is 2. The van der Waals surface area contributed by atoms with Gasteiger partial charge in [0.05, 0.1) is 28.4 Å². The molecule has 0 amide bonds. The molecule has 5 aromatic rings. The summed E-state index contributed by atoms with van der Waals surface area (Å²) < 4.78 is 2.43. The van der Waals surface area contributed by atoms with Crippen LogP contribution in [0.2, 0.25) is 0 Å². The van der Waals surface area contributed by atoms with Gasteiger partial charge in [0, 0.05) is 16.2 Å². The lowest BCUT2D eigenvalue weighted by Crippen LogP contribution is -2.26. The number of nitriles is 1. The van der Waals surface area contributed by atoms with Crippen molar-refractivity contribution in [1.29, 1.82) is 5.26 Å². The average Bonchev–Trinajstić information content (AvgIpc) is 3.26. The van der Waals surface area contributed by atoms with E-state index in [2.05, 4.69) is 125 Å². The molecule has 0 atom stereocenters. The van der Waals surface area contributed by atoms with Crippen molar-refractivity contribution < 1.29 is 0 Å². The van der Waals surface area contributed by atoms with Crippen LogP contribution < -0.4 is 0 Å². The molecule has 0 spiro atoms. The standard InChI is InChI=1S/C28H20N2.C9H18/c1-28(2)23-7-3-4-9-26(23)30-25-15-14-20(19-12-10-18(17-29)11-13-19)16-22(25)21-6-5-8-24(28)27(21)30;1-5-6-7-8-9(2,3)4/h3-16H,1-2H3;6-7H,5,8H2,1-4H3/b;7-6-. The van der Waals surface area contributed by atoms with Gasteiger partial charge >= 0.3 is 0 Å². The molecule has 0 unspecified atom stereocenters. The van der Waals surface area contributed by atoms with Crippen LogP contribution in [0.15, 0.2) is 97.1 Å². The number of hydrogen-bond acceptors (Lipinski definition) is 1. The molecule has 0 aliphatic carbocycles. The number of allylic oxidation sites excluding steroid dienone is 2. The summed E-state index contributed by atoms with van der Waals surface area (Å²) in [6.45, 7) is 13.6. The van der Waals surface area contributed by atoms with Crippen molar-refractivity contribution in [1.82, 2.24) is 4.57 Å². The molecule has 1 aromatic heterocycles. The highest BCUT2D eigenvalue weighted by molar-refractivity contribution is 6.12. The average molecular weight is 511 g/mol. The normalized spacial score (nSPS) is 13.7. The fraction of sp³-hybridized carbons (Fsp3) is 0.270. The Balaban J connectivity index is 0.000000298. The molecule has 196 valence electrons. The molecule has 1 aliphatic rings. The van der Waals surface area contributed by atoms with E-state index < -0.39 is 0 Å². The minimum atomic E-state index is -0.0452. The summed E-state index contributed by atoms with van der Waals surface area (Å²) in [5.74, 6) is 0. The Morgan fingerprint density at radius 2 is 1.49 bits per heavy atom. The van der Waals surface area contributed by atoms with Gasteiger partial charge in [-0.3, -0.25) is 0 Å². The van der Waals surface area contributed by atoms with Gasteiger partial charge in [-0.15, -0.1) is 0 Å². The van der Waals surface area contributed by atoms with Crippen LogP contribution in [-0.2, 0) is 5.41 Å². The van der Waals surface area contributed by atoms with E-state index in [0.29, 0.717) is 11.0 Å². The summed E-state index contributed by atoms with van der Waals surface area (Å²) in [5.41, 5.74) is 9.95. The first-order valence-electron chi connectivity index (χ1n) is 14.0. The third kappa shape index (κ3) is 4.90. The quantitative estimate of drug-likeness (QED) is 0.222. The van der Waals surface area contributed by atoms with Crippen LogP contribution in [0.4, 0.5) is 0 Å². The highest BCUT2D eigenvalue weighted by Crippen LogP contribution is 2.47. The zero-order valence-corrected chi connectivity index (χ0v) is 24.0. The summed E-state index contributed by atoms with van der Waals surface area (Å²) >= 11 is 0. The van der Waals surface area contributed by atoms with Crippen molar-refractivity contribution in [2.75, 3.05) is 0 Å². The number of rotatable bonds is 3. The zero-order chi connectivity index (χ0) is 27.8. The molecule has 39 heavy (non-hydrogen) atoms. The molecule has 2 heterocycles. The Bertz CT molecular complexity index is 1710. The van der Waals surface area contributed by atoms with Crippen LogP contribution in [0.1, 0.15) is 71.1 Å². The Hall–Kier alpha value is -4.09. The van der Waals surface area contributed by atoms with Crippen molar-refractivity contribution in [2.24, 2.45) is 5.41 Å². The molecule has 4 aromatic carbocycles. The maximum absolute atomic E-state index is 9.09. The van der Waals surface area contributed by atoms with E-state index in [-0.39, 0.29) is 5.41 Å². The number of benzene rings is 4. The van der Waals surface area contributed by atoms with E-state index in [4.69, 9.17) is 5.26 Å². The van der Waals surface area contributed by atoms with Crippen LogP contribution in [0.5, 0.6) is 0 Å². The van der Waals surface area contributed by atoms with E-state index >= 15 is 0 Å². The van der Waals surface area contributed by atoms with Crippen LogP contribution in [-0.4, -0.2) is 4.57 Å². The molecule has 2 heteroatoms. The highest BCUT2D eigenvalue weighted by atomic mass is 15.0. The molecule has 2 nitrogen and oxygen atoms in total. The smallest absolute Gasteiger partial charge is 0.0991 e. The predicted octanol–water partition coefficient (Wildman–Crippen LogP) is 10.4. The number of aromatic nitrogens is 1. The lowest BCUT2D eigenvalue weighted by atomic mass is 9.75. The molecule has 0 fully saturated rings. The van der Waals surface area contributed by atoms with Crippen molar-refractivity contribution in [2.45, 2.75) is 59.8 Å². The molecule has 6 rings (SSSR count). The van der Waals surface area contributed by atoms with E-state index in [1.807, 2.05) is 24.3 Å². The lowest BCUT2D eigenvalue weighted by molar-refractivity contribution is 0.420. The fourth-order valence-electron chi connectivity index (χ4n) is 5.69. The Kier molecular flexibility index (Phi) is 6.96. The molecular weight excluding hydrogens is 472 g/mol. The molecule has 0 radical (unpaired) electrons. The Labute approximate surface area is 233 Å². The molecule has 0 N–H and O–H groups in total. The van der Waals surface area contributed by atoms with Gasteiger partial charge in [0.15, 0.2) is 0 Å².